The molecule has 2 heterocycles. The molecule has 176 valence electrons. The third-order valence-corrected chi connectivity index (χ3v) is 5.69. The van der Waals surface area contributed by atoms with Crippen molar-refractivity contribution in [2.45, 2.75) is 38.9 Å². The van der Waals surface area contributed by atoms with Crippen LogP contribution in [0.1, 0.15) is 47.3 Å². The monoisotopic (exact) mass is 460 g/mol. The van der Waals surface area contributed by atoms with Gasteiger partial charge in [-0.05, 0) is 74.7 Å². The molecule has 34 heavy (non-hydrogen) atoms. The summed E-state index contributed by atoms with van der Waals surface area (Å²) in [4.78, 5) is 15.1. The summed E-state index contributed by atoms with van der Waals surface area (Å²) in [6, 6.07) is 11.7. The zero-order valence-corrected chi connectivity index (χ0v) is 19.5. The number of benzene rings is 2. The topological polar surface area (TPSA) is 70.2 Å². The Morgan fingerprint density at radius 1 is 1.18 bits per heavy atom. The van der Waals surface area contributed by atoms with E-state index >= 15 is 0 Å². The molecular formula is C27H29FN4O2. The zero-order valence-electron chi connectivity index (χ0n) is 19.5. The Bertz CT molecular complexity index is 1160. The van der Waals surface area contributed by atoms with Gasteiger partial charge >= 0.3 is 0 Å². The van der Waals surface area contributed by atoms with Gasteiger partial charge in [-0.1, -0.05) is 11.8 Å². The average molecular weight is 461 g/mol. The molecule has 0 bridgehead atoms. The van der Waals surface area contributed by atoms with Gasteiger partial charge < -0.3 is 15.0 Å². The Labute approximate surface area is 199 Å². The van der Waals surface area contributed by atoms with Crippen molar-refractivity contribution in [2.75, 3.05) is 24.5 Å². The third-order valence-electron chi connectivity index (χ3n) is 5.69. The molecule has 7 heteroatoms. The van der Waals surface area contributed by atoms with Gasteiger partial charge in [-0.25, -0.2) is 4.39 Å². The molecule has 0 unspecified atom stereocenters. The quantitative estimate of drug-likeness (QED) is 0.432. The number of hydrogen-bond donors (Lipinski definition) is 2. The van der Waals surface area contributed by atoms with E-state index in [4.69, 9.17) is 4.74 Å². The molecule has 2 aromatic carbocycles. The van der Waals surface area contributed by atoms with Crippen molar-refractivity contribution < 1.29 is 13.9 Å². The van der Waals surface area contributed by atoms with E-state index < -0.39 is 0 Å². The van der Waals surface area contributed by atoms with E-state index in [9.17, 15) is 9.18 Å². The van der Waals surface area contributed by atoms with Crippen molar-refractivity contribution in [3.05, 3.63) is 82.9 Å². The van der Waals surface area contributed by atoms with Gasteiger partial charge in [-0.15, -0.1) is 0 Å². The largest absolute Gasteiger partial charge is 0.372 e. The number of ether oxygens (including phenoxy) is 1. The van der Waals surface area contributed by atoms with Crippen LogP contribution in [0.15, 0.2) is 54.9 Å². The Morgan fingerprint density at radius 2 is 1.94 bits per heavy atom. The predicted octanol–water partition coefficient (Wildman–Crippen LogP) is 3.92. The van der Waals surface area contributed by atoms with E-state index in [1.54, 1.807) is 18.3 Å². The number of aromatic nitrogens is 2. The number of rotatable bonds is 6. The maximum Gasteiger partial charge on any atom is 0.251 e. The van der Waals surface area contributed by atoms with Crippen LogP contribution in [0.25, 0.3) is 0 Å². The minimum atomic E-state index is -0.297. The number of aryl methyl sites for hydroxylation is 1. The number of hydrogen-bond acceptors (Lipinski definition) is 4. The molecule has 0 spiro atoms. The molecule has 1 aliphatic rings. The first-order valence-corrected chi connectivity index (χ1v) is 11.6. The SMILES string of the molecule is C[C@@H]1CN(c2ccc(C(=O)NCCCc3cn[nH]c3)cc2C#Cc2ccc(F)cc2)C[C@H](C)O1. The molecule has 2 atom stereocenters. The van der Waals surface area contributed by atoms with Gasteiger partial charge in [0.25, 0.3) is 5.91 Å². The number of morpholine rings is 1. The number of halogens is 1. The van der Waals surface area contributed by atoms with Crippen molar-refractivity contribution in [2.24, 2.45) is 0 Å². The molecule has 4 rings (SSSR count). The van der Waals surface area contributed by atoms with Gasteiger partial charge in [0.1, 0.15) is 5.82 Å². The van der Waals surface area contributed by atoms with Crippen LogP contribution in [-0.4, -0.2) is 47.9 Å². The van der Waals surface area contributed by atoms with Gasteiger partial charge in [0.2, 0.25) is 0 Å². The molecular weight excluding hydrogens is 431 g/mol. The van der Waals surface area contributed by atoms with Crippen LogP contribution in [0.2, 0.25) is 0 Å². The van der Waals surface area contributed by atoms with Gasteiger partial charge in [0.15, 0.2) is 0 Å². The van der Waals surface area contributed by atoms with Gasteiger partial charge in [-0.3, -0.25) is 9.89 Å². The van der Waals surface area contributed by atoms with E-state index in [0.29, 0.717) is 17.7 Å². The van der Waals surface area contributed by atoms with Gasteiger partial charge in [0, 0.05) is 42.5 Å². The molecule has 2 N–H and O–H groups in total. The zero-order chi connectivity index (χ0) is 23.9. The fourth-order valence-corrected chi connectivity index (χ4v) is 4.11. The maximum atomic E-state index is 13.3. The summed E-state index contributed by atoms with van der Waals surface area (Å²) in [5.41, 5.74) is 4.12. The second-order valence-corrected chi connectivity index (χ2v) is 8.62. The van der Waals surface area contributed by atoms with Crippen LogP contribution >= 0.6 is 0 Å². The molecule has 1 aromatic heterocycles. The molecule has 6 nitrogen and oxygen atoms in total. The van der Waals surface area contributed by atoms with Crippen LogP contribution < -0.4 is 10.2 Å². The predicted molar refractivity (Wildman–Crippen MR) is 130 cm³/mol. The second kappa shape index (κ2) is 11.0. The van der Waals surface area contributed by atoms with Crippen LogP contribution in [-0.2, 0) is 11.2 Å². The van der Waals surface area contributed by atoms with Gasteiger partial charge in [-0.2, -0.15) is 5.10 Å². The first-order valence-electron chi connectivity index (χ1n) is 11.6. The number of nitrogens with one attached hydrogen (secondary N) is 2. The molecule has 3 aromatic rings. The lowest BCUT2D eigenvalue weighted by Crippen LogP contribution is -2.45. The molecule has 0 aliphatic carbocycles. The number of H-pyrrole nitrogens is 1. The molecule has 1 saturated heterocycles. The summed E-state index contributed by atoms with van der Waals surface area (Å²) in [6.45, 7) is 6.17. The maximum absolute atomic E-state index is 13.3. The minimum Gasteiger partial charge on any atom is -0.372 e. The van der Waals surface area contributed by atoms with Gasteiger partial charge in [0.05, 0.1) is 24.1 Å². The Kier molecular flexibility index (Phi) is 7.61. The number of carbonyl (C=O) groups is 1. The summed E-state index contributed by atoms with van der Waals surface area (Å²) >= 11 is 0. The standard InChI is InChI=1S/C27H29FN4O2/c1-19-17-32(18-20(2)34-19)26-12-9-24(27(33)29-13-3-4-22-15-30-31-16-22)14-23(26)8-5-21-6-10-25(28)11-7-21/h6-7,9-12,14-16,19-20H,3-4,13,17-18H2,1-2H3,(H,29,33)(H,30,31)/t19-,20+. The van der Waals surface area contributed by atoms with E-state index in [1.807, 2.05) is 24.4 Å². The lowest BCUT2D eigenvalue weighted by molar-refractivity contribution is -0.00523. The Morgan fingerprint density at radius 3 is 2.65 bits per heavy atom. The van der Waals surface area contributed by atoms with Crippen LogP contribution in [0.3, 0.4) is 0 Å². The van der Waals surface area contributed by atoms with Crippen molar-refractivity contribution in [1.29, 1.82) is 0 Å². The number of nitrogens with zero attached hydrogens (tertiary/aromatic N) is 2. The first kappa shape index (κ1) is 23.5. The van der Waals surface area contributed by atoms with E-state index in [0.717, 1.165) is 42.7 Å². The summed E-state index contributed by atoms with van der Waals surface area (Å²) in [7, 11) is 0. The second-order valence-electron chi connectivity index (χ2n) is 8.62. The fourth-order valence-electron chi connectivity index (χ4n) is 4.11. The van der Waals surface area contributed by atoms with Crippen molar-refractivity contribution >= 4 is 11.6 Å². The Hall–Kier alpha value is -3.63. The Balaban J connectivity index is 1.53. The minimum absolute atomic E-state index is 0.0971. The van der Waals surface area contributed by atoms with Crippen molar-refractivity contribution in [3.8, 4) is 11.8 Å². The average Bonchev–Trinajstić information content (AvgIpc) is 3.34. The summed E-state index contributed by atoms with van der Waals surface area (Å²) in [5.74, 6) is 5.89. The molecule has 1 fully saturated rings. The highest BCUT2D eigenvalue weighted by atomic mass is 19.1. The highest BCUT2D eigenvalue weighted by Gasteiger charge is 2.24. The van der Waals surface area contributed by atoms with E-state index in [1.165, 1.54) is 12.1 Å². The fraction of sp³-hybridized carbons (Fsp3) is 0.333. The van der Waals surface area contributed by atoms with Crippen LogP contribution in [0, 0.1) is 17.7 Å². The van der Waals surface area contributed by atoms with Crippen LogP contribution in [0.4, 0.5) is 10.1 Å². The highest BCUT2D eigenvalue weighted by Crippen LogP contribution is 2.25. The summed E-state index contributed by atoms with van der Waals surface area (Å²) in [6.07, 6.45) is 5.52. The number of amides is 1. The normalized spacial score (nSPS) is 17.7. The lowest BCUT2D eigenvalue weighted by atomic mass is 10.0. The number of aromatic amines is 1. The summed E-state index contributed by atoms with van der Waals surface area (Å²) in [5, 5.41) is 9.72. The third kappa shape index (κ3) is 6.24. The molecule has 1 aliphatic heterocycles. The number of anilines is 1. The summed E-state index contributed by atoms with van der Waals surface area (Å²) < 4.78 is 19.1. The highest BCUT2D eigenvalue weighted by molar-refractivity contribution is 5.95. The molecule has 0 radical (unpaired) electrons. The van der Waals surface area contributed by atoms with Crippen molar-refractivity contribution in [1.82, 2.24) is 15.5 Å². The number of carbonyl (C=O) groups excluding carboxylic acids is 1. The van der Waals surface area contributed by atoms with Crippen molar-refractivity contribution in [3.63, 3.8) is 0 Å². The molecule has 1 amide bonds. The molecule has 0 saturated carbocycles. The van der Waals surface area contributed by atoms with Crippen LogP contribution in [0.5, 0.6) is 0 Å². The van der Waals surface area contributed by atoms with E-state index in [2.05, 4.69) is 46.1 Å². The van der Waals surface area contributed by atoms with E-state index in [-0.39, 0.29) is 23.9 Å². The smallest absolute Gasteiger partial charge is 0.251 e. The lowest BCUT2D eigenvalue weighted by Gasteiger charge is -2.37. The first-order chi connectivity index (χ1) is 16.5.